The standard InChI is InChI=1S/C5H14AsNO/c7-4-1-2-6-3-5-8/h6,8H,1-5,7H2. The molecular formula is C5H14AsNO. The van der Waals surface area contributed by atoms with Gasteiger partial charge in [0.05, 0.1) is 0 Å². The van der Waals surface area contributed by atoms with Gasteiger partial charge in [0.25, 0.3) is 0 Å². The minimum absolute atomic E-state index is 0.175. The van der Waals surface area contributed by atoms with Crippen molar-refractivity contribution in [2.45, 2.75) is 16.8 Å². The molecule has 0 saturated heterocycles. The molecule has 0 aromatic carbocycles. The number of nitrogens with two attached hydrogens (primary N) is 1. The Labute approximate surface area is 57.1 Å². The van der Waals surface area contributed by atoms with Gasteiger partial charge in [-0.2, -0.15) is 0 Å². The second-order valence-electron chi connectivity index (χ2n) is 1.62. The summed E-state index contributed by atoms with van der Waals surface area (Å²) in [5, 5.41) is 10.7. The van der Waals surface area contributed by atoms with Crippen molar-refractivity contribution in [3.05, 3.63) is 0 Å². The van der Waals surface area contributed by atoms with Crippen molar-refractivity contribution in [1.82, 2.24) is 0 Å². The van der Waals surface area contributed by atoms with Crippen LogP contribution in [0.2, 0.25) is 10.4 Å². The average molecular weight is 179 g/mol. The third kappa shape index (κ3) is 6.48. The first-order valence-electron chi connectivity index (χ1n) is 2.93. The number of aliphatic hydroxyl groups excluding tert-OH is 1. The van der Waals surface area contributed by atoms with Crippen LogP contribution >= 0.6 is 0 Å². The maximum absolute atomic E-state index is 8.37. The molecule has 0 fully saturated rings. The summed E-state index contributed by atoms with van der Waals surface area (Å²) in [6.07, 6.45) is 1.15. The molecule has 0 spiro atoms. The van der Waals surface area contributed by atoms with Crippen LogP contribution in [0.5, 0.6) is 0 Å². The fourth-order valence-electron chi connectivity index (χ4n) is 0.431. The van der Waals surface area contributed by atoms with Crippen LogP contribution in [0.3, 0.4) is 0 Å². The van der Waals surface area contributed by atoms with Gasteiger partial charge in [-0.15, -0.1) is 0 Å². The van der Waals surface area contributed by atoms with Crippen molar-refractivity contribution in [3.63, 3.8) is 0 Å². The molecule has 8 heavy (non-hydrogen) atoms. The van der Waals surface area contributed by atoms with Gasteiger partial charge < -0.3 is 0 Å². The molecule has 0 aliphatic heterocycles. The van der Waals surface area contributed by atoms with Crippen LogP contribution in [-0.4, -0.2) is 34.0 Å². The first kappa shape index (κ1) is 8.48. The van der Waals surface area contributed by atoms with E-state index < -0.39 is 0 Å². The van der Waals surface area contributed by atoms with Crippen LogP contribution in [0.15, 0.2) is 0 Å². The van der Waals surface area contributed by atoms with Gasteiger partial charge in [0, 0.05) is 0 Å². The van der Waals surface area contributed by atoms with Gasteiger partial charge in [0.15, 0.2) is 0 Å². The topological polar surface area (TPSA) is 46.2 Å². The van der Waals surface area contributed by atoms with E-state index in [-0.39, 0.29) is 15.8 Å². The zero-order valence-electron chi connectivity index (χ0n) is 5.06. The molecule has 3 heteroatoms. The summed E-state index contributed by atoms with van der Waals surface area (Å²) in [6.45, 7) is 1.19. The van der Waals surface area contributed by atoms with E-state index in [1.807, 2.05) is 0 Å². The molecule has 0 rings (SSSR count). The molecule has 0 aliphatic rings. The summed E-state index contributed by atoms with van der Waals surface area (Å²) in [7, 11) is 0. The average Bonchev–Trinajstić information content (AvgIpc) is 1.81. The molecular weight excluding hydrogens is 165 g/mol. The van der Waals surface area contributed by atoms with Crippen LogP contribution < -0.4 is 5.73 Å². The number of aliphatic hydroxyl groups is 1. The molecule has 0 bridgehead atoms. The Morgan fingerprint density at radius 3 is 2.62 bits per heavy atom. The number of hydrogen-bond acceptors (Lipinski definition) is 2. The first-order chi connectivity index (χ1) is 3.91. The molecule has 0 aromatic rings. The van der Waals surface area contributed by atoms with Gasteiger partial charge in [-0.25, -0.2) is 0 Å². The Kier molecular flexibility index (Phi) is 7.93. The summed E-state index contributed by atoms with van der Waals surface area (Å²) in [6, 6.07) is 0. The van der Waals surface area contributed by atoms with Crippen molar-refractivity contribution in [3.8, 4) is 0 Å². The molecule has 0 amide bonds. The van der Waals surface area contributed by atoms with Gasteiger partial charge in [0.1, 0.15) is 0 Å². The Bertz CT molecular complexity index is 37.4. The quantitative estimate of drug-likeness (QED) is 0.445. The van der Waals surface area contributed by atoms with Crippen LogP contribution in [0.4, 0.5) is 0 Å². The van der Waals surface area contributed by atoms with Gasteiger partial charge in [-0.1, -0.05) is 0 Å². The van der Waals surface area contributed by atoms with Crippen LogP contribution in [0.1, 0.15) is 6.42 Å². The van der Waals surface area contributed by atoms with E-state index >= 15 is 0 Å². The van der Waals surface area contributed by atoms with E-state index in [2.05, 4.69) is 0 Å². The zero-order chi connectivity index (χ0) is 6.24. The Morgan fingerprint density at radius 1 is 1.38 bits per heavy atom. The normalized spacial score (nSPS) is 11.2. The predicted molar refractivity (Wildman–Crippen MR) is 37.5 cm³/mol. The maximum atomic E-state index is 8.37. The molecule has 2 nitrogen and oxygen atoms in total. The molecule has 0 aliphatic carbocycles. The fraction of sp³-hybridized carbons (Fsp3) is 1.00. The monoisotopic (exact) mass is 179 g/mol. The third-order valence-electron chi connectivity index (χ3n) is 0.846. The molecule has 0 radical (unpaired) electrons. The van der Waals surface area contributed by atoms with E-state index in [1.54, 1.807) is 0 Å². The SMILES string of the molecule is NCCC[AsH]CCO. The van der Waals surface area contributed by atoms with Crippen molar-refractivity contribution in [2.75, 3.05) is 13.2 Å². The van der Waals surface area contributed by atoms with Crippen molar-refractivity contribution in [1.29, 1.82) is 0 Å². The molecule has 3 N–H and O–H groups in total. The van der Waals surface area contributed by atoms with Crippen LogP contribution in [0.25, 0.3) is 0 Å². The zero-order valence-corrected chi connectivity index (χ0v) is 7.16. The van der Waals surface area contributed by atoms with E-state index in [4.69, 9.17) is 10.8 Å². The van der Waals surface area contributed by atoms with E-state index in [9.17, 15) is 0 Å². The summed E-state index contributed by atoms with van der Waals surface area (Å²) in [5.41, 5.74) is 5.27. The predicted octanol–water partition coefficient (Wildman–Crippen LogP) is -0.399. The van der Waals surface area contributed by atoms with Gasteiger partial charge >= 0.3 is 56.6 Å². The fourth-order valence-corrected chi connectivity index (χ4v) is 2.24. The van der Waals surface area contributed by atoms with Crippen LogP contribution in [-0.2, 0) is 0 Å². The summed E-state index contributed by atoms with van der Waals surface area (Å²) in [5.74, 6) is 0. The molecule has 50 valence electrons. The van der Waals surface area contributed by atoms with E-state index in [0.29, 0.717) is 6.61 Å². The van der Waals surface area contributed by atoms with Gasteiger partial charge in [-0.05, 0) is 0 Å². The molecule has 0 saturated carbocycles. The van der Waals surface area contributed by atoms with Crippen molar-refractivity contribution < 1.29 is 5.11 Å². The molecule has 1 atom stereocenters. The Morgan fingerprint density at radius 2 is 2.12 bits per heavy atom. The molecule has 1 unspecified atom stereocenters. The first-order valence-corrected chi connectivity index (χ1v) is 5.90. The minimum atomic E-state index is 0.175. The summed E-state index contributed by atoms with van der Waals surface area (Å²) < 4.78 is 0. The van der Waals surface area contributed by atoms with E-state index in [0.717, 1.165) is 18.2 Å². The Hall–Kier alpha value is 0.478. The summed E-state index contributed by atoms with van der Waals surface area (Å²) in [4.78, 5) is 0. The van der Waals surface area contributed by atoms with Gasteiger partial charge in [-0.3, -0.25) is 0 Å². The third-order valence-corrected chi connectivity index (χ3v) is 3.54. The second kappa shape index (κ2) is 7.48. The second-order valence-corrected chi connectivity index (χ2v) is 4.76. The van der Waals surface area contributed by atoms with Crippen molar-refractivity contribution >= 4 is 15.8 Å². The van der Waals surface area contributed by atoms with E-state index in [1.165, 1.54) is 5.21 Å². The Balaban J connectivity index is 2.53. The molecule has 0 heterocycles. The van der Waals surface area contributed by atoms with Crippen LogP contribution in [0, 0.1) is 0 Å². The van der Waals surface area contributed by atoms with Crippen molar-refractivity contribution in [2.24, 2.45) is 5.73 Å². The van der Waals surface area contributed by atoms with Gasteiger partial charge in [0.2, 0.25) is 0 Å². The molecule has 0 aromatic heterocycles. The number of rotatable bonds is 5. The number of hydrogen-bond donors (Lipinski definition) is 2. The summed E-state index contributed by atoms with van der Waals surface area (Å²) >= 11 is 0.175.